The van der Waals surface area contributed by atoms with Gasteiger partial charge in [0.2, 0.25) is 0 Å². The number of carbonyl (C=O) groups is 2. The minimum atomic E-state index is -0.793. The molecule has 0 atom stereocenters. The zero-order valence-corrected chi connectivity index (χ0v) is 14.1. The summed E-state index contributed by atoms with van der Waals surface area (Å²) in [6, 6.07) is 12.6. The van der Waals surface area contributed by atoms with E-state index in [1.807, 2.05) is 0 Å². The van der Waals surface area contributed by atoms with Crippen molar-refractivity contribution in [2.75, 3.05) is 5.32 Å². The molecular formula is C19H15FN2O4. The second-order valence-electron chi connectivity index (χ2n) is 5.62. The number of nitrogens with zero attached hydrogens (tertiary/aromatic N) is 1. The fourth-order valence-electron chi connectivity index (χ4n) is 2.68. The van der Waals surface area contributed by atoms with Crippen molar-refractivity contribution in [3.05, 3.63) is 70.3 Å². The molecule has 1 amide bonds. The molecule has 0 aliphatic rings. The van der Waals surface area contributed by atoms with Crippen molar-refractivity contribution in [1.29, 1.82) is 0 Å². The number of pyridine rings is 1. The van der Waals surface area contributed by atoms with E-state index in [0.717, 1.165) is 11.5 Å². The van der Waals surface area contributed by atoms with Gasteiger partial charge in [-0.15, -0.1) is 0 Å². The number of benzene rings is 2. The van der Waals surface area contributed by atoms with Crippen LogP contribution in [0.3, 0.4) is 0 Å². The van der Waals surface area contributed by atoms with Crippen LogP contribution >= 0.6 is 0 Å². The average molecular weight is 354 g/mol. The van der Waals surface area contributed by atoms with Gasteiger partial charge < -0.3 is 14.6 Å². The van der Waals surface area contributed by atoms with Crippen LogP contribution < -0.4 is 15.6 Å². The lowest BCUT2D eigenvalue weighted by atomic mass is 10.1. The van der Waals surface area contributed by atoms with Crippen molar-refractivity contribution in [3.63, 3.8) is 0 Å². The summed E-state index contributed by atoms with van der Waals surface area (Å²) in [4.78, 5) is 36.9. The highest BCUT2D eigenvalue weighted by molar-refractivity contribution is 6.09. The lowest BCUT2D eigenvalue weighted by Crippen LogP contribution is -2.30. The van der Waals surface area contributed by atoms with Gasteiger partial charge in [-0.1, -0.05) is 24.3 Å². The van der Waals surface area contributed by atoms with E-state index in [0.29, 0.717) is 5.69 Å². The molecule has 0 spiro atoms. The molecule has 0 saturated carbocycles. The van der Waals surface area contributed by atoms with Crippen LogP contribution in [0.2, 0.25) is 0 Å². The average Bonchev–Trinajstić information content (AvgIpc) is 2.60. The minimum absolute atomic E-state index is 0.108. The van der Waals surface area contributed by atoms with Gasteiger partial charge in [-0.3, -0.25) is 14.4 Å². The predicted molar refractivity (Wildman–Crippen MR) is 94.9 cm³/mol. The zero-order chi connectivity index (χ0) is 18.8. The van der Waals surface area contributed by atoms with E-state index in [2.05, 4.69) is 5.32 Å². The van der Waals surface area contributed by atoms with Crippen LogP contribution in [0.25, 0.3) is 10.9 Å². The number of halogens is 1. The molecule has 2 aromatic carbocycles. The molecule has 1 N–H and O–H groups in total. The lowest BCUT2D eigenvalue weighted by molar-refractivity contribution is -0.131. The first-order chi connectivity index (χ1) is 12.4. The number of esters is 1. The van der Waals surface area contributed by atoms with E-state index in [1.165, 1.54) is 25.2 Å². The van der Waals surface area contributed by atoms with Gasteiger partial charge in [-0.25, -0.2) is 4.39 Å². The standard InChI is InChI=1S/C19H15FN2O4/c1-11(23)26-17-15-13(20)9-6-10-14(15)22(2)19(25)16(17)18(24)21-12-7-4-3-5-8-12/h3-10H,1-2H3,(H,21,24). The molecule has 1 heterocycles. The van der Waals surface area contributed by atoms with Crippen LogP contribution in [-0.4, -0.2) is 16.4 Å². The fourth-order valence-corrected chi connectivity index (χ4v) is 2.68. The Hall–Kier alpha value is -3.48. The second-order valence-corrected chi connectivity index (χ2v) is 5.62. The van der Waals surface area contributed by atoms with E-state index in [9.17, 15) is 18.8 Å². The molecule has 26 heavy (non-hydrogen) atoms. The first-order valence-corrected chi connectivity index (χ1v) is 7.76. The Morgan fingerprint density at radius 2 is 1.77 bits per heavy atom. The molecule has 3 rings (SSSR count). The molecule has 0 aliphatic carbocycles. The summed E-state index contributed by atoms with van der Waals surface area (Å²) in [7, 11) is 1.42. The number of carbonyl (C=O) groups excluding carboxylic acids is 2. The summed E-state index contributed by atoms with van der Waals surface area (Å²) >= 11 is 0. The molecule has 0 unspecified atom stereocenters. The SMILES string of the molecule is CC(=O)Oc1c(C(=O)Nc2ccccc2)c(=O)n(C)c2cccc(F)c12. The quantitative estimate of drug-likeness (QED) is 0.734. The van der Waals surface area contributed by atoms with Crippen molar-refractivity contribution < 1.29 is 18.7 Å². The third-order valence-corrected chi connectivity index (χ3v) is 3.83. The van der Waals surface area contributed by atoms with Gasteiger partial charge in [0, 0.05) is 19.7 Å². The van der Waals surface area contributed by atoms with E-state index in [-0.39, 0.29) is 16.7 Å². The largest absolute Gasteiger partial charge is 0.425 e. The summed E-state index contributed by atoms with van der Waals surface area (Å²) in [5, 5.41) is 2.45. The highest BCUT2D eigenvalue weighted by Gasteiger charge is 2.25. The number of aromatic nitrogens is 1. The Labute approximate surface area is 147 Å². The van der Waals surface area contributed by atoms with E-state index in [1.54, 1.807) is 30.3 Å². The molecule has 6 nitrogen and oxygen atoms in total. The monoisotopic (exact) mass is 354 g/mol. The van der Waals surface area contributed by atoms with Crippen LogP contribution in [0.15, 0.2) is 53.3 Å². The maximum Gasteiger partial charge on any atom is 0.308 e. The summed E-state index contributed by atoms with van der Waals surface area (Å²) in [6.45, 7) is 1.11. The normalized spacial score (nSPS) is 10.6. The van der Waals surface area contributed by atoms with Gasteiger partial charge in [0.25, 0.3) is 11.5 Å². The van der Waals surface area contributed by atoms with Gasteiger partial charge >= 0.3 is 5.97 Å². The first-order valence-electron chi connectivity index (χ1n) is 7.76. The number of ether oxygens (including phenoxy) is 1. The van der Waals surface area contributed by atoms with E-state index >= 15 is 0 Å². The molecule has 1 aromatic heterocycles. The summed E-state index contributed by atoms with van der Waals surface area (Å²) in [5.74, 6) is -2.65. The van der Waals surface area contributed by atoms with Crippen molar-refractivity contribution in [2.24, 2.45) is 7.05 Å². The van der Waals surface area contributed by atoms with Gasteiger partial charge in [-0.2, -0.15) is 0 Å². The van der Waals surface area contributed by atoms with Gasteiger partial charge in [-0.05, 0) is 24.3 Å². The lowest BCUT2D eigenvalue weighted by Gasteiger charge is -2.15. The van der Waals surface area contributed by atoms with Gasteiger partial charge in [0.05, 0.1) is 10.9 Å². The highest BCUT2D eigenvalue weighted by Crippen LogP contribution is 2.30. The van der Waals surface area contributed by atoms with Gasteiger partial charge in [0.15, 0.2) is 5.75 Å². The van der Waals surface area contributed by atoms with Crippen molar-refractivity contribution in [3.8, 4) is 5.75 Å². The Morgan fingerprint density at radius 3 is 2.42 bits per heavy atom. The van der Waals surface area contributed by atoms with Crippen molar-refractivity contribution in [2.45, 2.75) is 6.92 Å². The minimum Gasteiger partial charge on any atom is -0.425 e. The summed E-state index contributed by atoms with van der Waals surface area (Å²) in [6.07, 6.45) is 0. The molecule has 3 aromatic rings. The topological polar surface area (TPSA) is 77.4 Å². The maximum absolute atomic E-state index is 14.4. The number of para-hydroxylation sites is 1. The maximum atomic E-state index is 14.4. The molecule has 7 heteroatoms. The van der Waals surface area contributed by atoms with Crippen LogP contribution in [0, 0.1) is 5.82 Å². The molecule has 132 valence electrons. The molecule has 0 fully saturated rings. The predicted octanol–water partition coefficient (Wildman–Crippen LogP) is 2.86. The number of rotatable bonds is 3. The second kappa shape index (κ2) is 6.79. The Morgan fingerprint density at radius 1 is 1.08 bits per heavy atom. The van der Waals surface area contributed by atoms with E-state index in [4.69, 9.17) is 4.74 Å². The number of fused-ring (bicyclic) bond motifs is 1. The highest BCUT2D eigenvalue weighted by atomic mass is 19.1. The summed E-state index contributed by atoms with van der Waals surface area (Å²) < 4.78 is 20.7. The summed E-state index contributed by atoms with van der Waals surface area (Å²) in [5.41, 5.74) is -0.485. The smallest absolute Gasteiger partial charge is 0.308 e. The number of nitrogens with one attached hydrogen (secondary N) is 1. The number of amides is 1. The third kappa shape index (κ3) is 3.06. The van der Waals surface area contributed by atoms with Crippen LogP contribution in [0.1, 0.15) is 17.3 Å². The number of aryl methyl sites for hydroxylation is 1. The van der Waals surface area contributed by atoms with Crippen LogP contribution in [0.4, 0.5) is 10.1 Å². The van der Waals surface area contributed by atoms with E-state index < -0.39 is 28.8 Å². The Bertz CT molecular complexity index is 1070. The Balaban J connectivity index is 2.28. The zero-order valence-electron chi connectivity index (χ0n) is 14.1. The van der Waals surface area contributed by atoms with Gasteiger partial charge in [0.1, 0.15) is 11.4 Å². The number of hydrogen-bond acceptors (Lipinski definition) is 4. The first kappa shape index (κ1) is 17.3. The third-order valence-electron chi connectivity index (χ3n) is 3.83. The van der Waals surface area contributed by atoms with Crippen molar-refractivity contribution >= 4 is 28.5 Å². The molecule has 0 radical (unpaired) electrons. The van der Waals surface area contributed by atoms with Crippen molar-refractivity contribution in [1.82, 2.24) is 4.57 Å². The van der Waals surface area contributed by atoms with Crippen LogP contribution in [-0.2, 0) is 11.8 Å². The molecule has 0 bridgehead atoms. The molecule has 0 aliphatic heterocycles. The fraction of sp³-hybridized carbons (Fsp3) is 0.105. The molecule has 0 saturated heterocycles. The Kier molecular flexibility index (Phi) is 4.53. The number of anilines is 1. The number of hydrogen-bond donors (Lipinski definition) is 1. The molecular weight excluding hydrogens is 339 g/mol. The van der Waals surface area contributed by atoms with Crippen LogP contribution in [0.5, 0.6) is 5.75 Å².